The van der Waals surface area contributed by atoms with Crippen LogP contribution in [0.5, 0.6) is 11.5 Å². The Labute approximate surface area is 179 Å². The third-order valence-corrected chi connectivity index (χ3v) is 5.29. The summed E-state index contributed by atoms with van der Waals surface area (Å²) >= 11 is 1.39. The lowest BCUT2D eigenvalue weighted by atomic mass is 10.3. The molecule has 0 fully saturated rings. The Bertz CT molecular complexity index is 931. The molecule has 2 heterocycles. The summed E-state index contributed by atoms with van der Waals surface area (Å²) in [5.41, 5.74) is 1.32. The van der Waals surface area contributed by atoms with Crippen LogP contribution >= 0.6 is 23.7 Å². The normalized spacial score (nSPS) is 10.8. The predicted octanol–water partition coefficient (Wildman–Crippen LogP) is 3.63. The number of carbonyl (C=O) groups excluding carboxylic acids is 1. The molecule has 2 aromatic heterocycles. The maximum atomic E-state index is 13.1. The molecule has 0 aliphatic rings. The van der Waals surface area contributed by atoms with Gasteiger partial charge in [0.15, 0.2) is 5.13 Å². The first-order valence-corrected chi connectivity index (χ1v) is 9.67. The minimum atomic E-state index is -0.267. The number of benzene rings is 1. The van der Waals surface area contributed by atoms with Crippen molar-refractivity contribution in [3.63, 3.8) is 0 Å². The van der Waals surface area contributed by atoms with Crippen LogP contribution < -0.4 is 14.4 Å². The smallest absolute Gasteiger partial charge is 0.298 e. The van der Waals surface area contributed by atoms with Gasteiger partial charge in [-0.15, -0.1) is 12.4 Å². The van der Waals surface area contributed by atoms with Crippen molar-refractivity contribution in [1.82, 2.24) is 15.0 Å². The van der Waals surface area contributed by atoms with Gasteiger partial charge in [0.25, 0.3) is 5.91 Å². The van der Waals surface area contributed by atoms with E-state index in [1.54, 1.807) is 32.1 Å². The lowest BCUT2D eigenvalue weighted by Gasteiger charge is -2.19. The van der Waals surface area contributed by atoms with Gasteiger partial charge in [-0.1, -0.05) is 16.5 Å². The molecular formula is C19H25ClN4O4S. The molecular weight excluding hydrogens is 416 g/mol. The topological polar surface area (TPSA) is 80.9 Å². The standard InChI is InChI=1S/C19H24N4O4S.ClH/c1-12-11-15(27-21-12)18(24)23(10-6-9-22(2)3)19-20-16-13(25-4)7-8-14(26-5)17(16)28-19;/h7-8,11H,6,9-10H2,1-5H3;1H. The molecule has 0 N–H and O–H groups in total. The molecule has 8 nitrogen and oxygen atoms in total. The maximum absolute atomic E-state index is 13.1. The fourth-order valence-corrected chi connectivity index (χ4v) is 3.92. The Kier molecular flexibility index (Phi) is 7.83. The SMILES string of the molecule is COc1ccc(OC)c2sc(N(CCCN(C)C)C(=O)c3cc(C)no3)nc12.Cl. The van der Waals surface area contributed by atoms with Gasteiger partial charge in [0.05, 0.1) is 19.9 Å². The number of carbonyl (C=O) groups is 1. The van der Waals surface area contributed by atoms with E-state index in [1.165, 1.54) is 11.3 Å². The number of aryl methyl sites for hydroxylation is 1. The van der Waals surface area contributed by atoms with Gasteiger partial charge in [-0.05, 0) is 46.1 Å². The van der Waals surface area contributed by atoms with E-state index in [-0.39, 0.29) is 24.1 Å². The van der Waals surface area contributed by atoms with Gasteiger partial charge in [-0.3, -0.25) is 9.69 Å². The summed E-state index contributed by atoms with van der Waals surface area (Å²) in [6.07, 6.45) is 0.788. The Morgan fingerprint density at radius 3 is 2.45 bits per heavy atom. The summed E-state index contributed by atoms with van der Waals surface area (Å²) in [5.74, 6) is 1.25. The molecule has 0 atom stereocenters. The minimum Gasteiger partial charge on any atom is -0.495 e. The zero-order chi connectivity index (χ0) is 20.3. The molecule has 0 bridgehead atoms. The molecule has 0 unspecified atom stereocenters. The summed E-state index contributed by atoms with van der Waals surface area (Å²) in [7, 11) is 7.20. The second kappa shape index (κ2) is 9.91. The Hall–Kier alpha value is -2.36. The molecule has 29 heavy (non-hydrogen) atoms. The highest BCUT2D eigenvalue weighted by Crippen LogP contribution is 2.40. The first-order chi connectivity index (χ1) is 13.4. The second-order valence-electron chi connectivity index (χ2n) is 6.59. The molecule has 3 aromatic rings. The summed E-state index contributed by atoms with van der Waals surface area (Å²) in [5, 5.41) is 4.40. The molecule has 3 rings (SSSR count). The number of methoxy groups -OCH3 is 2. The van der Waals surface area contributed by atoms with Crippen LogP contribution in [0.3, 0.4) is 0 Å². The number of aromatic nitrogens is 2. The fraction of sp³-hybridized carbons (Fsp3) is 0.421. The molecule has 0 saturated carbocycles. The van der Waals surface area contributed by atoms with Crippen LogP contribution in [-0.2, 0) is 0 Å². The molecule has 158 valence electrons. The zero-order valence-electron chi connectivity index (χ0n) is 17.1. The molecule has 0 radical (unpaired) electrons. The number of hydrogen-bond acceptors (Lipinski definition) is 8. The second-order valence-corrected chi connectivity index (χ2v) is 7.57. The van der Waals surface area contributed by atoms with Crippen LogP contribution in [-0.4, -0.2) is 62.4 Å². The lowest BCUT2D eigenvalue weighted by Crippen LogP contribution is -2.33. The Balaban J connectivity index is 0.00000300. The van der Waals surface area contributed by atoms with Crippen molar-refractivity contribution in [1.29, 1.82) is 0 Å². The predicted molar refractivity (Wildman–Crippen MR) is 116 cm³/mol. The number of hydrogen-bond donors (Lipinski definition) is 0. The number of halogens is 1. The van der Waals surface area contributed by atoms with E-state index in [2.05, 4.69) is 15.0 Å². The minimum absolute atomic E-state index is 0. The number of nitrogens with zero attached hydrogens (tertiary/aromatic N) is 4. The van der Waals surface area contributed by atoms with E-state index in [0.717, 1.165) is 17.7 Å². The van der Waals surface area contributed by atoms with Crippen molar-refractivity contribution < 1.29 is 18.8 Å². The van der Waals surface area contributed by atoms with Gasteiger partial charge in [-0.2, -0.15) is 0 Å². The quantitative estimate of drug-likeness (QED) is 0.529. The molecule has 0 aliphatic carbocycles. The van der Waals surface area contributed by atoms with Crippen LogP contribution in [0.25, 0.3) is 10.2 Å². The number of fused-ring (bicyclic) bond motifs is 1. The molecule has 0 spiro atoms. The Morgan fingerprint density at radius 2 is 1.86 bits per heavy atom. The number of rotatable bonds is 8. The largest absolute Gasteiger partial charge is 0.495 e. The van der Waals surface area contributed by atoms with Crippen LogP contribution in [0.15, 0.2) is 22.7 Å². The highest BCUT2D eigenvalue weighted by Gasteiger charge is 2.26. The van der Waals surface area contributed by atoms with Gasteiger partial charge in [0.1, 0.15) is 21.7 Å². The number of amides is 1. The van der Waals surface area contributed by atoms with Crippen LogP contribution in [0.4, 0.5) is 5.13 Å². The third-order valence-electron chi connectivity index (χ3n) is 4.20. The monoisotopic (exact) mass is 440 g/mol. The van der Waals surface area contributed by atoms with Crippen LogP contribution in [0, 0.1) is 6.92 Å². The summed E-state index contributed by atoms with van der Waals surface area (Å²) in [4.78, 5) is 21.5. The molecule has 1 aromatic carbocycles. The van der Waals surface area contributed by atoms with E-state index in [1.807, 2.05) is 26.2 Å². The van der Waals surface area contributed by atoms with Gasteiger partial charge >= 0.3 is 0 Å². The molecule has 10 heteroatoms. The average molecular weight is 441 g/mol. The zero-order valence-corrected chi connectivity index (χ0v) is 18.7. The van der Waals surface area contributed by atoms with Gasteiger partial charge in [0.2, 0.25) is 5.76 Å². The van der Waals surface area contributed by atoms with Crippen molar-refractivity contribution in [2.75, 3.05) is 46.3 Å². The van der Waals surface area contributed by atoms with Crippen molar-refractivity contribution >= 4 is 45.0 Å². The third kappa shape index (κ3) is 4.98. The van der Waals surface area contributed by atoms with E-state index >= 15 is 0 Å². The van der Waals surface area contributed by atoms with Crippen molar-refractivity contribution in [3.8, 4) is 11.5 Å². The van der Waals surface area contributed by atoms with Gasteiger partial charge in [-0.25, -0.2) is 4.98 Å². The number of thiazole rings is 1. The lowest BCUT2D eigenvalue weighted by molar-refractivity contribution is 0.0950. The van der Waals surface area contributed by atoms with E-state index < -0.39 is 0 Å². The first kappa shape index (κ1) is 22.9. The molecule has 0 aliphatic heterocycles. The number of ether oxygens (including phenoxy) is 2. The van der Waals surface area contributed by atoms with Crippen LogP contribution in [0.1, 0.15) is 22.7 Å². The van der Waals surface area contributed by atoms with E-state index in [4.69, 9.17) is 14.0 Å². The maximum Gasteiger partial charge on any atom is 0.298 e. The number of anilines is 1. The molecule has 0 saturated heterocycles. The summed E-state index contributed by atoms with van der Waals surface area (Å²) in [6.45, 7) is 3.13. The van der Waals surface area contributed by atoms with Crippen molar-refractivity contribution in [3.05, 3.63) is 29.7 Å². The van der Waals surface area contributed by atoms with Crippen molar-refractivity contribution in [2.45, 2.75) is 13.3 Å². The summed E-state index contributed by atoms with van der Waals surface area (Å²) in [6, 6.07) is 5.28. The highest BCUT2D eigenvalue weighted by atomic mass is 35.5. The first-order valence-electron chi connectivity index (χ1n) is 8.86. The molecule has 1 amide bonds. The van der Waals surface area contributed by atoms with Gasteiger partial charge in [0, 0.05) is 12.6 Å². The van der Waals surface area contributed by atoms with Gasteiger partial charge < -0.3 is 18.9 Å². The average Bonchev–Trinajstić information content (AvgIpc) is 3.30. The highest BCUT2D eigenvalue weighted by molar-refractivity contribution is 7.22. The van der Waals surface area contributed by atoms with Crippen molar-refractivity contribution in [2.24, 2.45) is 0 Å². The van der Waals surface area contributed by atoms with E-state index in [9.17, 15) is 4.79 Å². The van der Waals surface area contributed by atoms with Crippen LogP contribution in [0.2, 0.25) is 0 Å². The fourth-order valence-electron chi connectivity index (χ4n) is 2.82. The summed E-state index contributed by atoms with van der Waals surface area (Å²) < 4.78 is 16.9. The van der Waals surface area contributed by atoms with E-state index in [0.29, 0.717) is 34.4 Å². The Morgan fingerprint density at radius 1 is 1.17 bits per heavy atom.